The molecule has 6 heteroatoms. The molecule has 0 saturated carbocycles. The summed E-state index contributed by atoms with van der Waals surface area (Å²) in [4.78, 5) is 20.0. The van der Waals surface area contributed by atoms with Crippen molar-refractivity contribution in [3.63, 3.8) is 0 Å². The number of rotatable bonds is 8. The molecule has 1 atom stereocenters. The largest absolute Gasteiger partial charge is 0.360 e. The second kappa shape index (κ2) is 10.0. The minimum Gasteiger partial charge on any atom is -0.360 e. The van der Waals surface area contributed by atoms with Crippen molar-refractivity contribution < 1.29 is 0 Å². The molecule has 0 radical (unpaired) electrons. The summed E-state index contributed by atoms with van der Waals surface area (Å²) in [5.41, 5.74) is 3.99. The van der Waals surface area contributed by atoms with Gasteiger partial charge in [-0.3, -0.25) is 4.79 Å². The topological polar surface area (TPSA) is 51.4 Å². The average molecular weight is 403 g/mol. The summed E-state index contributed by atoms with van der Waals surface area (Å²) in [6, 6.07) is 6.49. The lowest BCUT2D eigenvalue weighted by Gasteiger charge is -2.28. The molecule has 0 fully saturated rings. The van der Waals surface area contributed by atoms with E-state index in [9.17, 15) is 4.79 Å². The van der Waals surface area contributed by atoms with Crippen molar-refractivity contribution in [2.24, 2.45) is 0 Å². The van der Waals surface area contributed by atoms with E-state index in [2.05, 4.69) is 68.0 Å². The second-order valence-electron chi connectivity index (χ2n) is 7.98. The van der Waals surface area contributed by atoms with Crippen molar-refractivity contribution in [2.75, 3.05) is 27.2 Å². The predicted molar refractivity (Wildman–Crippen MR) is 123 cm³/mol. The van der Waals surface area contributed by atoms with E-state index in [1.54, 1.807) is 0 Å². The van der Waals surface area contributed by atoms with Crippen molar-refractivity contribution in [3.8, 4) is 0 Å². The van der Waals surface area contributed by atoms with Gasteiger partial charge in [0.2, 0.25) is 0 Å². The number of hydrogen-bond acceptors (Lipinski definition) is 3. The number of aryl methyl sites for hydroxylation is 2. The quantitative estimate of drug-likeness (QED) is 0.661. The molecule has 0 saturated heterocycles. The van der Waals surface area contributed by atoms with Crippen LogP contribution < -0.4 is 10.9 Å². The fraction of sp³-hybridized carbons (Fsp3) is 0.545. The van der Waals surface area contributed by atoms with Gasteiger partial charge in [-0.2, -0.15) is 0 Å². The zero-order chi connectivity index (χ0) is 20.8. The van der Waals surface area contributed by atoms with Crippen LogP contribution in [0.25, 0.3) is 10.9 Å². The first-order chi connectivity index (χ1) is 13.2. The highest BCUT2D eigenvalue weighted by Gasteiger charge is 2.15. The highest BCUT2D eigenvalue weighted by Crippen LogP contribution is 2.18. The van der Waals surface area contributed by atoms with Gasteiger partial charge in [0, 0.05) is 23.7 Å². The normalized spacial score (nSPS) is 12.4. The number of nitrogens with zero attached hydrogens (tertiary/aromatic N) is 2. The Morgan fingerprint density at radius 3 is 2.50 bits per heavy atom. The van der Waals surface area contributed by atoms with Gasteiger partial charge >= 0.3 is 0 Å². The summed E-state index contributed by atoms with van der Waals surface area (Å²) in [5, 5.41) is 5.17. The van der Waals surface area contributed by atoms with Gasteiger partial charge in [0.05, 0.1) is 6.54 Å². The van der Waals surface area contributed by atoms with Gasteiger partial charge in [0.25, 0.3) is 5.56 Å². The van der Waals surface area contributed by atoms with E-state index in [0.29, 0.717) is 17.7 Å². The lowest BCUT2D eigenvalue weighted by Crippen LogP contribution is -2.44. The first-order valence-corrected chi connectivity index (χ1v) is 10.5. The summed E-state index contributed by atoms with van der Waals surface area (Å²) in [5.74, 6) is 0. The lowest BCUT2D eigenvalue weighted by atomic mass is 10.0. The van der Waals surface area contributed by atoms with Crippen LogP contribution in [-0.2, 0) is 6.54 Å². The standard InChI is InChI=1S/C22H34N4OS/c1-7-17(4)23-22(28)26(10-8-9-25(5)6)14-19-13-18-11-15(2)16(3)12-20(18)24-21(19)27/h11-13,17H,7-10,14H2,1-6H3,(H,23,28)(H,24,27)/t17-/m1/s1. The highest BCUT2D eigenvalue weighted by molar-refractivity contribution is 7.80. The third kappa shape index (κ3) is 6.04. The van der Waals surface area contributed by atoms with Gasteiger partial charge < -0.3 is 20.1 Å². The zero-order valence-electron chi connectivity index (χ0n) is 18.1. The van der Waals surface area contributed by atoms with E-state index >= 15 is 0 Å². The van der Waals surface area contributed by atoms with E-state index in [4.69, 9.17) is 12.2 Å². The first-order valence-electron chi connectivity index (χ1n) is 10.0. The van der Waals surface area contributed by atoms with Crippen molar-refractivity contribution in [3.05, 3.63) is 45.2 Å². The maximum atomic E-state index is 12.7. The van der Waals surface area contributed by atoms with Crippen LogP contribution >= 0.6 is 12.2 Å². The zero-order valence-corrected chi connectivity index (χ0v) is 18.9. The first kappa shape index (κ1) is 22.4. The SMILES string of the molecule is CC[C@@H](C)NC(=S)N(CCCN(C)C)Cc1cc2cc(C)c(C)cc2[nH]c1=O. The maximum Gasteiger partial charge on any atom is 0.253 e. The molecule has 28 heavy (non-hydrogen) atoms. The highest BCUT2D eigenvalue weighted by atomic mass is 32.1. The molecule has 2 aromatic rings. The molecule has 1 aromatic heterocycles. The lowest BCUT2D eigenvalue weighted by molar-refractivity contribution is 0.338. The monoisotopic (exact) mass is 402 g/mol. The van der Waals surface area contributed by atoms with Gasteiger partial charge in [0.15, 0.2) is 5.11 Å². The Labute approximate surface area is 174 Å². The van der Waals surface area contributed by atoms with E-state index in [1.165, 1.54) is 11.1 Å². The fourth-order valence-electron chi connectivity index (χ4n) is 3.08. The van der Waals surface area contributed by atoms with E-state index in [1.807, 2.05) is 12.1 Å². The Balaban J connectivity index is 2.28. The molecule has 0 unspecified atom stereocenters. The van der Waals surface area contributed by atoms with Crippen molar-refractivity contribution in [2.45, 2.75) is 53.1 Å². The van der Waals surface area contributed by atoms with Crippen molar-refractivity contribution in [1.82, 2.24) is 20.1 Å². The second-order valence-corrected chi connectivity index (χ2v) is 8.37. The number of hydrogen-bond donors (Lipinski definition) is 2. The molecule has 1 aromatic carbocycles. The molecular weight excluding hydrogens is 368 g/mol. The smallest absolute Gasteiger partial charge is 0.253 e. The van der Waals surface area contributed by atoms with E-state index in [-0.39, 0.29) is 5.56 Å². The number of thiocarbonyl (C=S) groups is 1. The Kier molecular flexibility index (Phi) is 8.01. The summed E-state index contributed by atoms with van der Waals surface area (Å²) >= 11 is 5.66. The van der Waals surface area contributed by atoms with E-state index < -0.39 is 0 Å². The Bertz CT molecular complexity index is 875. The Morgan fingerprint density at radius 1 is 1.18 bits per heavy atom. The van der Waals surface area contributed by atoms with Crippen molar-refractivity contribution >= 4 is 28.2 Å². The number of fused-ring (bicyclic) bond motifs is 1. The molecule has 0 aliphatic heterocycles. The maximum absolute atomic E-state index is 12.7. The van der Waals surface area contributed by atoms with Crippen LogP contribution in [0.15, 0.2) is 23.0 Å². The van der Waals surface area contributed by atoms with Crippen LogP contribution in [0.4, 0.5) is 0 Å². The minimum atomic E-state index is -0.0419. The number of nitrogens with one attached hydrogen (secondary N) is 2. The molecule has 0 aliphatic rings. The predicted octanol–water partition coefficient (Wildman–Crippen LogP) is 3.57. The van der Waals surface area contributed by atoms with E-state index in [0.717, 1.165) is 42.4 Å². The molecule has 0 aliphatic carbocycles. The van der Waals surface area contributed by atoms with Gasteiger partial charge in [-0.1, -0.05) is 6.92 Å². The third-order valence-corrected chi connectivity index (χ3v) is 5.58. The Hall–Kier alpha value is -1.92. The molecular formula is C22H34N4OS. The Morgan fingerprint density at radius 2 is 1.86 bits per heavy atom. The van der Waals surface area contributed by atoms with Crippen LogP contribution in [0.2, 0.25) is 0 Å². The minimum absolute atomic E-state index is 0.0419. The molecule has 2 rings (SSSR count). The van der Waals surface area contributed by atoms with Gasteiger partial charge in [-0.25, -0.2) is 0 Å². The van der Waals surface area contributed by atoms with Crippen LogP contribution in [0.3, 0.4) is 0 Å². The van der Waals surface area contributed by atoms with Crippen LogP contribution in [0.5, 0.6) is 0 Å². The average Bonchev–Trinajstić information content (AvgIpc) is 2.62. The molecule has 0 amide bonds. The van der Waals surface area contributed by atoms with Crippen LogP contribution in [0.1, 0.15) is 43.4 Å². The molecule has 5 nitrogen and oxygen atoms in total. The summed E-state index contributed by atoms with van der Waals surface area (Å²) in [6.07, 6.45) is 1.99. The summed E-state index contributed by atoms with van der Waals surface area (Å²) in [6.45, 7) is 10.7. The molecule has 2 N–H and O–H groups in total. The van der Waals surface area contributed by atoms with Crippen molar-refractivity contribution in [1.29, 1.82) is 0 Å². The van der Waals surface area contributed by atoms with Crippen LogP contribution in [0, 0.1) is 13.8 Å². The fourth-order valence-corrected chi connectivity index (χ4v) is 3.44. The van der Waals surface area contributed by atoms with Gasteiger partial charge in [-0.05, 0) is 101 Å². The summed E-state index contributed by atoms with van der Waals surface area (Å²) < 4.78 is 0. The number of H-pyrrole nitrogens is 1. The molecule has 0 bridgehead atoms. The van der Waals surface area contributed by atoms with Crippen LogP contribution in [-0.4, -0.2) is 53.1 Å². The molecule has 1 heterocycles. The molecule has 154 valence electrons. The number of pyridine rings is 1. The molecule has 0 spiro atoms. The summed E-state index contributed by atoms with van der Waals surface area (Å²) in [7, 11) is 4.14. The third-order valence-electron chi connectivity index (χ3n) is 5.20. The van der Waals surface area contributed by atoms with Gasteiger partial charge in [-0.15, -0.1) is 0 Å². The van der Waals surface area contributed by atoms with Gasteiger partial charge in [0.1, 0.15) is 0 Å². The number of aromatic amines is 1. The number of aromatic nitrogens is 1. The number of benzene rings is 1.